The quantitative estimate of drug-likeness (QED) is 0.0872. The van der Waals surface area contributed by atoms with Crippen molar-refractivity contribution in [1.29, 1.82) is 0 Å². The van der Waals surface area contributed by atoms with Crippen LogP contribution in [-0.4, -0.2) is 0 Å². The lowest BCUT2D eigenvalue weighted by molar-refractivity contribution is 0.591. The van der Waals surface area contributed by atoms with E-state index >= 15 is 4.57 Å². The Labute approximate surface area is 316 Å². The molecule has 0 heterocycles. The number of allylic oxidation sites excluding steroid dienone is 4. The van der Waals surface area contributed by atoms with Crippen LogP contribution in [-0.2, 0) is 4.57 Å². The standard InChI is InChI=1S/C52H37OP/c1-3-16-40(4-2)54(53,41-21-6-5-7-22-41)42-32-29-36(30-33-42)39-31-34-49-50(35-39)52(46-28-15-20-38-18-9-11-24-44(38)46)48-26-13-12-25-47(48)51(49)45-27-14-19-37-17-8-10-23-43(37)45/h3-35H,1-2H2/b40-16+. The van der Waals surface area contributed by atoms with Gasteiger partial charge in [0.2, 0.25) is 0 Å². The highest BCUT2D eigenvalue weighted by atomic mass is 31.2. The highest BCUT2D eigenvalue weighted by Gasteiger charge is 2.30. The summed E-state index contributed by atoms with van der Waals surface area (Å²) in [5.74, 6) is 0. The first-order chi connectivity index (χ1) is 26.6. The van der Waals surface area contributed by atoms with E-state index in [1.165, 1.54) is 65.3 Å². The van der Waals surface area contributed by atoms with E-state index < -0.39 is 7.14 Å². The van der Waals surface area contributed by atoms with Gasteiger partial charge >= 0.3 is 0 Å². The molecule has 0 aliphatic rings. The average molecular weight is 709 g/mol. The molecule has 9 rings (SSSR count). The van der Waals surface area contributed by atoms with Crippen LogP contribution in [0.3, 0.4) is 0 Å². The third kappa shape index (κ3) is 5.45. The van der Waals surface area contributed by atoms with E-state index in [-0.39, 0.29) is 0 Å². The van der Waals surface area contributed by atoms with Gasteiger partial charge in [0.15, 0.2) is 7.14 Å². The summed E-state index contributed by atoms with van der Waals surface area (Å²) in [6.45, 7) is 7.91. The molecule has 0 saturated heterocycles. The molecule has 9 aromatic carbocycles. The van der Waals surface area contributed by atoms with Gasteiger partial charge in [-0.2, -0.15) is 0 Å². The Morgan fingerprint density at radius 3 is 1.46 bits per heavy atom. The summed E-state index contributed by atoms with van der Waals surface area (Å²) in [6.07, 6.45) is 5.18. The number of hydrogen-bond acceptors (Lipinski definition) is 1. The molecule has 0 aliphatic carbocycles. The van der Waals surface area contributed by atoms with Gasteiger partial charge in [-0.15, -0.1) is 0 Å². The molecule has 0 amide bonds. The van der Waals surface area contributed by atoms with E-state index in [0.717, 1.165) is 21.7 Å². The van der Waals surface area contributed by atoms with Gasteiger partial charge in [-0.3, -0.25) is 0 Å². The van der Waals surface area contributed by atoms with Crippen LogP contribution in [0.1, 0.15) is 0 Å². The van der Waals surface area contributed by atoms with Crippen molar-refractivity contribution < 1.29 is 4.57 Å². The van der Waals surface area contributed by atoms with Crippen LogP contribution in [0.25, 0.3) is 76.5 Å². The molecule has 1 nitrogen and oxygen atoms in total. The van der Waals surface area contributed by atoms with Crippen LogP contribution in [0.2, 0.25) is 0 Å². The number of fused-ring (bicyclic) bond motifs is 4. The largest absolute Gasteiger partial charge is 0.309 e. The van der Waals surface area contributed by atoms with Gasteiger partial charge < -0.3 is 4.57 Å². The van der Waals surface area contributed by atoms with E-state index in [2.05, 4.69) is 153 Å². The summed E-state index contributed by atoms with van der Waals surface area (Å²) in [4.78, 5) is 0. The highest BCUT2D eigenvalue weighted by Crippen LogP contribution is 2.53. The van der Waals surface area contributed by atoms with E-state index in [4.69, 9.17) is 0 Å². The monoisotopic (exact) mass is 708 g/mol. The normalized spacial score (nSPS) is 12.9. The van der Waals surface area contributed by atoms with Gasteiger partial charge in [0.25, 0.3) is 0 Å². The summed E-state index contributed by atoms with van der Waals surface area (Å²) in [5, 5.41) is 11.9. The highest BCUT2D eigenvalue weighted by molar-refractivity contribution is 7.82. The van der Waals surface area contributed by atoms with Crippen molar-refractivity contribution in [3.63, 3.8) is 0 Å². The Balaban J connectivity index is 1.32. The predicted molar refractivity (Wildman–Crippen MR) is 235 cm³/mol. The van der Waals surface area contributed by atoms with E-state index in [0.29, 0.717) is 5.31 Å². The van der Waals surface area contributed by atoms with Gasteiger partial charge in [0, 0.05) is 15.9 Å². The van der Waals surface area contributed by atoms with Crippen LogP contribution in [0.5, 0.6) is 0 Å². The van der Waals surface area contributed by atoms with Gasteiger partial charge in [0.05, 0.1) is 0 Å². The van der Waals surface area contributed by atoms with Crippen LogP contribution in [0, 0.1) is 0 Å². The minimum Gasteiger partial charge on any atom is -0.309 e. The minimum atomic E-state index is -3.19. The van der Waals surface area contributed by atoms with Gasteiger partial charge in [-0.25, -0.2) is 0 Å². The first-order valence-electron chi connectivity index (χ1n) is 18.3. The molecule has 1 atom stereocenters. The maximum absolute atomic E-state index is 15.1. The fourth-order valence-corrected chi connectivity index (χ4v) is 10.8. The van der Waals surface area contributed by atoms with Crippen molar-refractivity contribution in [2.75, 3.05) is 0 Å². The molecule has 0 spiro atoms. The molecule has 9 aromatic rings. The Morgan fingerprint density at radius 1 is 0.426 bits per heavy atom. The molecular weight excluding hydrogens is 672 g/mol. The fraction of sp³-hybridized carbons (Fsp3) is 0. The van der Waals surface area contributed by atoms with Gasteiger partial charge in [-0.1, -0.05) is 207 Å². The fourth-order valence-electron chi connectivity index (χ4n) is 8.20. The lowest BCUT2D eigenvalue weighted by atomic mass is 9.83. The molecule has 256 valence electrons. The van der Waals surface area contributed by atoms with Crippen molar-refractivity contribution >= 4 is 60.8 Å². The molecule has 0 bridgehead atoms. The molecule has 54 heavy (non-hydrogen) atoms. The van der Waals surface area contributed by atoms with E-state index in [9.17, 15) is 0 Å². The van der Waals surface area contributed by atoms with Crippen molar-refractivity contribution in [3.05, 3.63) is 219 Å². The summed E-state index contributed by atoms with van der Waals surface area (Å²) in [7, 11) is -3.19. The minimum absolute atomic E-state index is 0.662. The Bertz CT molecular complexity index is 2980. The zero-order chi connectivity index (χ0) is 36.6. The second-order valence-electron chi connectivity index (χ2n) is 13.6. The Kier molecular flexibility index (Phi) is 8.51. The number of hydrogen-bond donors (Lipinski definition) is 0. The molecule has 0 N–H and O–H groups in total. The molecule has 0 fully saturated rings. The molecular formula is C52H37OP. The van der Waals surface area contributed by atoms with Crippen LogP contribution >= 0.6 is 7.14 Å². The number of rotatable bonds is 8. The zero-order valence-corrected chi connectivity index (χ0v) is 30.7. The van der Waals surface area contributed by atoms with Crippen molar-refractivity contribution in [1.82, 2.24) is 0 Å². The lowest BCUT2D eigenvalue weighted by Crippen LogP contribution is -2.17. The Hall–Kier alpha value is -6.53. The van der Waals surface area contributed by atoms with Crippen molar-refractivity contribution in [2.45, 2.75) is 0 Å². The molecule has 0 aromatic heterocycles. The van der Waals surface area contributed by atoms with Crippen LogP contribution in [0.15, 0.2) is 219 Å². The summed E-state index contributed by atoms with van der Waals surface area (Å²) in [6, 6.07) is 64.2. The molecule has 0 radical (unpaired) electrons. The molecule has 0 saturated carbocycles. The van der Waals surface area contributed by atoms with Crippen molar-refractivity contribution in [2.24, 2.45) is 0 Å². The SMILES string of the molecule is C=C/C=C(\C=C)P(=O)(c1ccccc1)c1ccc(-c2ccc3c(-c4cccc5ccccc45)c4ccccc4c(-c4cccc5ccccc45)c3c2)cc1. The van der Waals surface area contributed by atoms with Gasteiger partial charge in [-0.05, 0) is 82.5 Å². The van der Waals surface area contributed by atoms with Crippen LogP contribution in [0.4, 0.5) is 0 Å². The topological polar surface area (TPSA) is 17.1 Å². The second-order valence-corrected chi connectivity index (χ2v) is 16.4. The lowest BCUT2D eigenvalue weighted by Gasteiger charge is -2.21. The zero-order valence-electron chi connectivity index (χ0n) is 29.8. The second kappa shape index (κ2) is 13.8. The smallest absolute Gasteiger partial charge is 0.170 e. The van der Waals surface area contributed by atoms with Crippen LogP contribution < -0.4 is 10.6 Å². The van der Waals surface area contributed by atoms with E-state index in [1.54, 1.807) is 12.2 Å². The third-order valence-corrected chi connectivity index (χ3v) is 13.8. The Morgan fingerprint density at radius 2 is 0.889 bits per heavy atom. The summed E-state index contributed by atoms with van der Waals surface area (Å²) < 4.78 is 15.1. The van der Waals surface area contributed by atoms with Gasteiger partial charge in [0.1, 0.15) is 0 Å². The number of benzene rings is 9. The average Bonchev–Trinajstić information content (AvgIpc) is 3.24. The molecule has 1 unspecified atom stereocenters. The summed E-state index contributed by atoms with van der Waals surface area (Å²) in [5.41, 5.74) is 7.03. The first-order valence-corrected chi connectivity index (χ1v) is 20.0. The first kappa shape index (κ1) is 33.3. The van der Waals surface area contributed by atoms with Crippen molar-refractivity contribution in [3.8, 4) is 33.4 Å². The molecule has 2 heteroatoms. The van der Waals surface area contributed by atoms with E-state index in [1.807, 2.05) is 48.5 Å². The molecule has 0 aliphatic heterocycles. The maximum Gasteiger partial charge on any atom is 0.170 e. The predicted octanol–water partition coefficient (Wildman–Crippen LogP) is 13.9. The third-order valence-electron chi connectivity index (χ3n) is 10.7. The summed E-state index contributed by atoms with van der Waals surface area (Å²) >= 11 is 0. The maximum atomic E-state index is 15.1.